The molecule has 0 spiro atoms. The first-order valence-electron chi connectivity index (χ1n) is 8.34. The lowest BCUT2D eigenvalue weighted by molar-refractivity contribution is -0.130. The minimum absolute atomic E-state index is 0.0578. The average Bonchev–Trinajstić information content (AvgIpc) is 3.01. The Hall–Kier alpha value is -2.93. The van der Waals surface area contributed by atoms with E-state index in [1.165, 1.54) is 11.0 Å². The van der Waals surface area contributed by atoms with Crippen LogP contribution in [0, 0.1) is 6.92 Å². The molecule has 0 saturated carbocycles. The van der Waals surface area contributed by atoms with Crippen LogP contribution < -0.4 is 5.32 Å². The summed E-state index contributed by atoms with van der Waals surface area (Å²) in [6.45, 7) is 2.78. The van der Waals surface area contributed by atoms with Gasteiger partial charge in [-0.1, -0.05) is 35.5 Å². The Balaban J connectivity index is 2.00. The van der Waals surface area contributed by atoms with Crippen molar-refractivity contribution in [3.63, 3.8) is 0 Å². The van der Waals surface area contributed by atoms with Crippen molar-refractivity contribution in [2.75, 3.05) is 39.0 Å². The predicted octanol–water partition coefficient (Wildman–Crippen LogP) is 2.03. The molecule has 0 aliphatic heterocycles. The van der Waals surface area contributed by atoms with Crippen LogP contribution in [0.5, 0.6) is 0 Å². The van der Waals surface area contributed by atoms with Gasteiger partial charge in [0.25, 0.3) is 0 Å². The Morgan fingerprint density at radius 1 is 1.19 bits per heavy atom. The number of carbonyl (C=O) groups is 2. The highest BCUT2D eigenvalue weighted by atomic mass is 16.5. The minimum Gasteiger partial charge on any atom is -0.360 e. The number of rotatable bonds is 8. The van der Waals surface area contributed by atoms with Gasteiger partial charge in [-0.05, 0) is 32.7 Å². The van der Waals surface area contributed by atoms with E-state index in [9.17, 15) is 9.59 Å². The predicted molar refractivity (Wildman–Crippen MR) is 100 cm³/mol. The number of nitrogens with one attached hydrogen (secondary N) is 1. The van der Waals surface area contributed by atoms with Gasteiger partial charge in [0.05, 0.1) is 0 Å². The van der Waals surface area contributed by atoms with Crippen LogP contribution in [-0.4, -0.2) is 60.5 Å². The lowest BCUT2D eigenvalue weighted by Gasteiger charge is -2.22. The molecule has 7 nitrogen and oxygen atoms in total. The zero-order valence-corrected chi connectivity index (χ0v) is 15.3. The molecule has 0 atom stereocenters. The van der Waals surface area contributed by atoms with E-state index in [1.807, 2.05) is 49.3 Å². The van der Waals surface area contributed by atoms with Gasteiger partial charge in [-0.2, -0.15) is 0 Å². The van der Waals surface area contributed by atoms with E-state index in [4.69, 9.17) is 4.52 Å². The SMILES string of the molecule is Cc1cc(NC(=O)CN(CCN(C)C)C(=O)/C=C/c2ccccc2)no1. The molecule has 7 heteroatoms. The number of hydrogen-bond donors (Lipinski definition) is 1. The van der Waals surface area contributed by atoms with Gasteiger partial charge in [-0.3, -0.25) is 9.59 Å². The third kappa shape index (κ3) is 6.52. The Bertz CT molecular complexity index is 753. The summed E-state index contributed by atoms with van der Waals surface area (Å²) in [6, 6.07) is 11.2. The van der Waals surface area contributed by atoms with Crippen molar-refractivity contribution in [3.05, 3.63) is 53.8 Å². The van der Waals surface area contributed by atoms with Crippen molar-refractivity contribution in [3.8, 4) is 0 Å². The number of benzene rings is 1. The van der Waals surface area contributed by atoms with Crippen molar-refractivity contribution < 1.29 is 14.1 Å². The summed E-state index contributed by atoms with van der Waals surface area (Å²) in [5.41, 5.74) is 0.927. The molecule has 0 fully saturated rings. The van der Waals surface area contributed by atoms with E-state index in [-0.39, 0.29) is 18.4 Å². The van der Waals surface area contributed by atoms with Crippen LogP contribution in [0.2, 0.25) is 0 Å². The van der Waals surface area contributed by atoms with Crippen molar-refractivity contribution in [1.29, 1.82) is 0 Å². The second-order valence-corrected chi connectivity index (χ2v) is 6.18. The number of anilines is 1. The van der Waals surface area contributed by atoms with Gasteiger partial charge in [0, 0.05) is 25.2 Å². The van der Waals surface area contributed by atoms with E-state index < -0.39 is 0 Å². The van der Waals surface area contributed by atoms with Crippen LogP contribution in [0.15, 0.2) is 47.0 Å². The third-order valence-electron chi connectivity index (χ3n) is 3.58. The normalized spacial score (nSPS) is 11.1. The molecule has 0 aliphatic carbocycles. The zero-order valence-electron chi connectivity index (χ0n) is 15.3. The van der Waals surface area contributed by atoms with Crippen molar-refractivity contribution in [1.82, 2.24) is 15.0 Å². The van der Waals surface area contributed by atoms with Gasteiger partial charge >= 0.3 is 0 Å². The number of aryl methyl sites for hydroxylation is 1. The molecule has 1 aromatic heterocycles. The molecule has 1 aromatic carbocycles. The smallest absolute Gasteiger partial charge is 0.247 e. The standard InChI is InChI=1S/C19H24N4O3/c1-15-13-17(21-26-15)20-18(24)14-23(12-11-22(2)3)19(25)10-9-16-7-5-4-6-8-16/h4-10,13H,11-12,14H2,1-3H3,(H,20,21,24)/b10-9+. The fourth-order valence-corrected chi connectivity index (χ4v) is 2.21. The van der Waals surface area contributed by atoms with Crippen LogP contribution in [0.3, 0.4) is 0 Å². The fraction of sp³-hybridized carbons (Fsp3) is 0.316. The molecular formula is C19H24N4O3. The number of aromatic nitrogens is 1. The van der Waals surface area contributed by atoms with Crippen LogP contribution in [0.1, 0.15) is 11.3 Å². The van der Waals surface area contributed by atoms with Crippen LogP contribution in [-0.2, 0) is 9.59 Å². The molecule has 0 saturated heterocycles. The molecule has 0 radical (unpaired) electrons. The Kier molecular flexibility index (Phi) is 7.11. The summed E-state index contributed by atoms with van der Waals surface area (Å²) in [7, 11) is 3.83. The highest BCUT2D eigenvalue weighted by molar-refractivity contribution is 5.97. The number of hydrogen-bond acceptors (Lipinski definition) is 5. The van der Waals surface area contributed by atoms with Crippen molar-refractivity contribution in [2.45, 2.75) is 6.92 Å². The largest absolute Gasteiger partial charge is 0.360 e. The summed E-state index contributed by atoms with van der Waals surface area (Å²) in [4.78, 5) is 28.2. The van der Waals surface area contributed by atoms with E-state index in [0.29, 0.717) is 24.7 Å². The molecule has 1 heterocycles. The van der Waals surface area contributed by atoms with E-state index in [1.54, 1.807) is 19.1 Å². The molecule has 2 amide bonds. The molecule has 0 unspecified atom stereocenters. The van der Waals surface area contributed by atoms with Gasteiger partial charge in [0.2, 0.25) is 11.8 Å². The highest BCUT2D eigenvalue weighted by Gasteiger charge is 2.16. The molecule has 26 heavy (non-hydrogen) atoms. The molecule has 2 rings (SSSR count). The number of carbonyl (C=O) groups excluding carboxylic acids is 2. The first-order chi connectivity index (χ1) is 12.4. The first kappa shape index (κ1) is 19.4. The van der Waals surface area contributed by atoms with E-state index in [0.717, 1.165) is 5.56 Å². The number of amides is 2. The quantitative estimate of drug-likeness (QED) is 0.732. The zero-order chi connectivity index (χ0) is 18.9. The second-order valence-electron chi connectivity index (χ2n) is 6.18. The minimum atomic E-state index is -0.321. The summed E-state index contributed by atoms with van der Waals surface area (Å²) < 4.78 is 4.92. The van der Waals surface area contributed by atoms with Crippen molar-refractivity contribution in [2.24, 2.45) is 0 Å². The molecule has 0 bridgehead atoms. The Morgan fingerprint density at radius 2 is 1.92 bits per heavy atom. The van der Waals surface area contributed by atoms with E-state index >= 15 is 0 Å². The highest BCUT2D eigenvalue weighted by Crippen LogP contribution is 2.07. The second kappa shape index (κ2) is 9.53. The summed E-state index contributed by atoms with van der Waals surface area (Å²) in [5.74, 6) is 0.402. The van der Waals surface area contributed by atoms with Crippen LogP contribution in [0.25, 0.3) is 6.08 Å². The lowest BCUT2D eigenvalue weighted by Crippen LogP contribution is -2.40. The summed E-state index contributed by atoms with van der Waals surface area (Å²) in [5, 5.41) is 6.36. The topological polar surface area (TPSA) is 78.7 Å². The molecular weight excluding hydrogens is 332 g/mol. The fourth-order valence-electron chi connectivity index (χ4n) is 2.21. The Labute approximate surface area is 153 Å². The summed E-state index contributed by atoms with van der Waals surface area (Å²) >= 11 is 0. The van der Waals surface area contributed by atoms with Gasteiger partial charge in [0.15, 0.2) is 5.82 Å². The van der Waals surface area contributed by atoms with Crippen molar-refractivity contribution >= 4 is 23.7 Å². The molecule has 1 N–H and O–H groups in total. The van der Waals surface area contributed by atoms with Crippen LogP contribution in [0.4, 0.5) is 5.82 Å². The maximum atomic E-state index is 12.5. The van der Waals surface area contributed by atoms with Gasteiger partial charge in [-0.15, -0.1) is 0 Å². The maximum absolute atomic E-state index is 12.5. The number of nitrogens with zero attached hydrogens (tertiary/aromatic N) is 3. The summed E-state index contributed by atoms with van der Waals surface area (Å²) in [6.07, 6.45) is 3.22. The molecule has 138 valence electrons. The average molecular weight is 356 g/mol. The maximum Gasteiger partial charge on any atom is 0.247 e. The molecule has 2 aromatic rings. The lowest BCUT2D eigenvalue weighted by atomic mass is 10.2. The van der Waals surface area contributed by atoms with Gasteiger partial charge < -0.3 is 19.6 Å². The van der Waals surface area contributed by atoms with Gasteiger partial charge in [0.1, 0.15) is 12.3 Å². The number of likely N-dealkylation sites (N-methyl/N-ethyl adjacent to an activating group) is 1. The van der Waals surface area contributed by atoms with Gasteiger partial charge in [-0.25, -0.2) is 0 Å². The third-order valence-corrected chi connectivity index (χ3v) is 3.58. The first-order valence-corrected chi connectivity index (χ1v) is 8.34. The molecule has 0 aliphatic rings. The Morgan fingerprint density at radius 3 is 2.54 bits per heavy atom. The van der Waals surface area contributed by atoms with E-state index in [2.05, 4.69) is 10.5 Å². The van der Waals surface area contributed by atoms with Crippen LogP contribution >= 0.6 is 0 Å². The monoisotopic (exact) mass is 356 g/mol.